The summed E-state index contributed by atoms with van der Waals surface area (Å²) in [6.45, 7) is 0. The topological polar surface area (TPSA) is 45.3 Å². The number of carbonyl (C=O) groups is 1. The minimum atomic E-state index is -0.232. The number of aryl methyl sites for hydroxylation is 1. The Balaban J connectivity index is 1.98. The van der Waals surface area contributed by atoms with Gasteiger partial charge in [-0.3, -0.25) is 4.79 Å². The van der Waals surface area contributed by atoms with Gasteiger partial charge < -0.3 is 0 Å². The summed E-state index contributed by atoms with van der Waals surface area (Å²) >= 11 is 3.36. The third-order valence-corrected chi connectivity index (χ3v) is 2.98. The Hall–Kier alpha value is -2.01. The van der Waals surface area contributed by atoms with E-state index in [1.165, 1.54) is 0 Å². The number of nitrogens with zero attached hydrogens (tertiary/aromatic N) is 2. The van der Waals surface area contributed by atoms with Crippen LogP contribution in [0.3, 0.4) is 0 Å². The molecule has 0 radical (unpaired) electrons. The molecule has 0 spiro atoms. The quantitative estimate of drug-likeness (QED) is 0.525. The number of hydrogen-bond acceptors (Lipinski definition) is 2. The highest BCUT2D eigenvalue weighted by atomic mass is 79.9. The lowest BCUT2D eigenvalue weighted by atomic mass is 10.2. The zero-order valence-corrected chi connectivity index (χ0v) is 12.0. The molecule has 1 aromatic carbocycles. The van der Waals surface area contributed by atoms with Crippen molar-refractivity contribution in [2.45, 2.75) is 0 Å². The number of rotatable bonds is 3. The van der Waals surface area contributed by atoms with Gasteiger partial charge in [0.1, 0.15) is 12.6 Å². The minimum absolute atomic E-state index is 0.232. The number of aromatic nitrogens is 1. The van der Waals surface area contributed by atoms with Crippen LogP contribution in [0.15, 0.2) is 58.4 Å². The van der Waals surface area contributed by atoms with E-state index in [-0.39, 0.29) is 5.91 Å². The number of carbonyl (C=O) groups excluding carboxylic acids is 1. The van der Waals surface area contributed by atoms with Gasteiger partial charge >= 0.3 is 0 Å². The summed E-state index contributed by atoms with van der Waals surface area (Å²) in [7, 11) is 1.86. The second kappa shape index (κ2) is 6.24. The van der Waals surface area contributed by atoms with Gasteiger partial charge in [0, 0.05) is 10.5 Å². The van der Waals surface area contributed by atoms with E-state index in [1.807, 2.05) is 48.1 Å². The SMILES string of the molecule is C[n+]1cccc(C(=O)N/N=C\c2ccc(Br)cc2)c1. The molecule has 2 aromatic rings. The maximum atomic E-state index is 11.8. The van der Waals surface area contributed by atoms with Crippen molar-refractivity contribution in [3.05, 3.63) is 64.4 Å². The Morgan fingerprint density at radius 3 is 2.74 bits per heavy atom. The third kappa shape index (κ3) is 3.99. The number of hydrogen-bond donors (Lipinski definition) is 1. The highest BCUT2D eigenvalue weighted by Crippen LogP contribution is 2.08. The zero-order chi connectivity index (χ0) is 13.7. The summed E-state index contributed by atoms with van der Waals surface area (Å²) in [4.78, 5) is 11.8. The fourth-order valence-corrected chi connectivity index (χ4v) is 1.77. The van der Waals surface area contributed by atoms with Crippen molar-refractivity contribution < 1.29 is 9.36 Å². The van der Waals surface area contributed by atoms with Gasteiger partial charge in [0.15, 0.2) is 12.4 Å². The van der Waals surface area contributed by atoms with Gasteiger partial charge in [0.2, 0.25) is 0 Å². The maximum Gasteiger partial charge on any atom is 0.277 e. The Bertz CT molecular complexity index is 608. The molecule has 1 N–H and O–H groups in total. The van der Waals surface area contributed by atoms with Crippen molar-refractivity contribution in [3.8, 4) is 0 Å². The smallest absolute Gasteiger partial charge is 0.267 e. The molecule has 1 heterocycles. The molecular weight excluding hydrogens is 306 g/mol. The third-order valence-electron chi connectivity index (χ3n) is 2.45. The van der Waals surface area contributed by atoms with Gasteiger partial charge in [-0.2, -0.15) is 5.10 Å². The molecule has 0 fully saturated rings. The fourth-order valence-electron chi connectivity index (χ4n) is 1.50. The van der Waals surface area contributed by atoms with Gasteiger partial charge in [-0.25, -0.2) is 9.99 Å². The summed E-state index contributed by atoms with van der Waals surface area (Å²) in [5, 5.41) is 3.93. The first kappa shape index (κ1) is 13.4. The number of pyridine rings is 1. The molecule has 0 aliphatic carbocycles. The van der Waals surface area contributed by atoms with Crippen LogP contribution in [0.25, 0.3) is 0 Å². The van der Waals surface area contributed by atoms with E-state index in [4.69, 9.17) is 0 Å². The van der Waals surface area contributed by atoms with E-state index in [2.05, 4.69) is 26.5 Å². The predicted molar refractivity (Wildman–Crippen MR) is 76.8 cm³/mol. The largest absolute Gasteiger partial charge is 0.277 e. The lowest BCUT2D eigenvalue weighted by molar-refractivity contribution is -0.671. The molecule has 0 aliphatic heterocycles. The molecule has 5 heteroatoms. The van der Waals surface area contributed by atoms with Crippen molar-refractivity contribution in [2.24, 2.45) is 12.1 Å². The molecule has 96 valence electrons. The molecule has 0 aliphatic rings. The van der Waals surface area contributed by atoms with Crippen molar-refractivity contribution in [2.75, 3.05) is 0 Å². The van der Waals surface area contributed by atoms with Gasteiger partial charge in [-0.15, -0.1) is 0 Å². The molecule has 19 heavy (non-hydrogen) atoms. The maximum absolute atomic E-state index is 11.8. The van der Waals surface area contributed by atoms with Crippen molar-refractivity contribution in [1.29, 1.82) is 0 Å². The van der Waals surface area contributed by atoms with Crippen LogP contribution in [0.5, 0.6) is 0 Å². The molecule has 0 bridgehead atoms. The summed E-state index contributed by atoms with van der Waals surface area (Å²) < 4.78 is 2.82. The average Bonchev–Trinajstić information content (AvgIpc) is 2.41. The van der Waals surface area contributed by atoms with Crippen molar-refractivity contribution in [3.63, 3.8) is 0 Å². The Labute approximate surface area is 119 Å². The Morgan fingerprint density at radius 2 is 2.05 bits per heavy atom. The molecule has 1 amide bonds. The highest BCUT2D eigenvalue weighted by molar-refractivity contribution is 9.10. The van der Waals surface area contributed by atoms with Gasteiger partial charge in [-0.05, 0) is 23.8 Å². The second-order valence-corrected chi connectivity index (χ2v) is 4.92. The molecule has 0 saturated heterocycles. The van der Waals surface area contributed by atoms with Crippen LogP contribution in [-0.4, -0.2) is 12.1 Å². The number of halogens is 1. The van der Waals surface area contributed by atoms with Gasteiger partial charge in [-0.1, -0.05) is 28.1 Å². The molecule has 0 unspecified atom stereocenters. The van der Waals surface area contributed by atoms with E-state index in [9.17, 15) is 4.79 Å². The number of benzene rings is 1. The molecule has 0 atom stereocenters. The zero-order valence-electron chi connectivity index (χ0n) is 10.4. The first-order valence-electron chi connectivity index (χ1n) is 5.69. The number of nitrogens with one attached hydrogen (secondary N) is 1. The van der Waals surface area contributed by atoms with E-state index >= 15 is 0 Å². The van der Waals surface area contributed by atoms with Crippen LogP contribution in [0.4, 0.5) is 0 Å². The summed E-state index contributed by atoms with van der Waals surface area (Å²) in [5.74, 6) is -0.232. The molecule has 4 nitrogen and oxygen atoms in total. The van der Waals surface area contributed by atoms with Crippen LogP contribution in [0, 0.1) is 0 Å². The normalized spacial score (nSPS) is 10.6. The standard InChI is InChI=1S/C14H12BrN3O/c1-18-8-2-3-12(10-18)14(19)17-16-9-11-4-6-13(15)7-5-11/h2-10H,1H3/p+1/b16-9-. The van der Waals surface area contributed by atoms with E-state index < -0.39 is 0 Å². The lowest BCUT2D eigenvalue weighted by Crippen LogP contribution is -2.29. The Morgan fingerprint density at radius 1 is 1.32 bits per heavy atom. The summed E-state index contributed by atoms with van der Waals surface area (Å²) in [6.07, 6.45) is 5.21. The summed E-state index contributed by atoms with van der Waals surface area (Å²) in [6, 6.07) is 11.2. The van der Waals surface area contributed by atoms with Gasteiger partial charge in [0.05, 0.1) is 6.21 Å². The van der Waals surface area contributed by atoms with E-state index in [1.54, 1.807) is 18.5 Å². The van der Waals surface area contributed by atoms with Gasteiger partial charge in [0.25, 0.3) is 5.91 Å². The van der Waals surface area contributed by atoms with Crippen molar-refractivity contribution >= 4 is 28.1 Å². The Kier molecular flexibility index (Phi) is 4.41. The summed E-state index contributed by atoms with van der Waals surface area (Å²) in [5.41, 5.74) is 3.98. The molecular formula is C14H13BrN3O+. The number of amides is 1. The fraction of sp³-hybridized carbons (Fsp3) is 0.0714. The van der Waals surface area contributed by atoms with E-state index in [0.717, 1.165) is 10.0 Å². The number of hydrazone groups is 1. The minimum Gasteiger partial charge on any atom is -0.267 e. The average molecular weight is 319 g/mol. The predicted octanol–water partition coefficient (Wildman–Crippen LogP) is 2.04. The van der Waals surface area contributed by atoms with E-state index in [0.29, 0.717) is 5.56 Å². The molecule has 2 rings (SSSR count). The molecule has 1 aromatic heterocycles. The first-order chi connectivity index (χ1) is 9.15. The van der Waals surface area contributed by atoms with Crippen LogP contribution in [0.2, 0.25) is 0 Å². The van der Waals surface area contributed by atoms with Crippen LogP contribution < -0.4 is 9.99 Å². The van der Waals surface area contributed by atoms with Crippen LogP contribution >= 0.6 is 15.9 Å². The van der Waals surface area contributed by atoms with Crippen LogP contribution in [-0.2, 0) is 7.05 Å². The first-order valence-corrected chi connectivity index (χ1v) is 6.49. The van der Waals surface area contributed by atoms with Crippen molar-refractivity contribution in [1.82, 2.24) is 5.43 Å². The molecule has 0 saturated carbocycles. The monoisotopic (exact) mass is 318 g/mol. The lowest BCUT2D eigenvalue weighted by Gasteiger charge is -1.98. The van der Waals surface area contributed by atoms with Crippen LogP contribution in [0.1, 0.15) is 15.9 Å². The highest BCUT2D eigenvalue weighted by Gasteiger charge is 2.07. The second-order valence-electron chi connectivity index (χ2n) is 4.01.